The van der Waals surface area contributed by atoms with Gasteiger partial charge in [0.15, 0.2) is 0 Å². The van der Waals surface area contributed by atoms with Crippen molar-refractivity contribution >= 4 is 28.6 Å². The average Bonchev–Trinajstić information content (AvgIpc) is 2.58. The molecular weight excluding hydrogens is 281 g/mol. The summed E-state index contributed by atoms with van der Waals surface area (Å²) in [5.74, 6) is -0.210. The fraction of sp³-hybridized carbons (Fsp3) is 0.500. The van der Waals surface area contributed by atoms with E-state index >= 15 is 0 Å². The van der Waals surface area contributed by atoms with Crippen LogP contribution >= 0.6 is 11.6 Å². The van der Waals surface area contributed by atoms with Gasteiger partial charge < -0.3 is 15.4 Å². The lowest BCUT2D eigenvalue weighted by Crippen LogP contribution is -2.24. The fourth-order valence-electron chi connectivity index (χ4n) is 3.03. The van der Waals surface area contributed by atoms with Gasteiger partial charge in [-0.3, -0.25) is 0 Å². The summed E-state index contributed by atoms with van der Waals surface area (Å²) in [5.41, 5.74) is 7.13. The van der Waals surface area contributed by atoms with Crippen molar-refractivity contribution in [3.05, 3.63) is 23.0 Å². The van der Waals surface area contributed by atoms with Gasteiger partial charge in [0.25, 0.3) is 0 Å². The zero-order chi connectivity index (χ0) is 14.3. The van der Waals surface area contributed by atoms with Crippen LogP contribution in [0.5, 0.6) is 0 Å². The fourth-order valence-corrected chi connectivity index (χ4v) is 3.19. The van der Waals surface area contributed by atoms with Crippen molar-refractivity contribution < 1.29 is 9.50 Å². The highest BCUT2D eigenvalue weighted by molar-refractivity contribution is 6.31. The predicted octanol–water partition coefficient (Wildman–Crippen LogP) is 3.28. The van der Waals surface area contributed by atoms with Crippen molar-refractivity contribution in [1.29, 1.82) is 0 Å². The molecule has 0 bridgehead atoms. The van der Waals surface area contributed by atoms with Crippen molar-refractivity contribution in [2.75, 3.05) is 5.73 Å². The van der Waals surface area contributed by atoms with E-state index < -0.39 is 11.9 Å². The molecule has 20 heavy (non-hydrogen) atoms. The number of hydrogen-bond acceptors (Lipinski definition) is 3. The Morgan fingerprint density at radius 3 is 2.85 bits per heavy atom. The molecular formula is C14H17ClFN3O. The van der Waals surface area contributed by atoms with Crippen LogP contribution in [0.3, 0.4) is 0 Å². The number of fused-ring (bicyclic) bond motifs is 1. The molecule has 6 heteroatoms. The summed E-state index contributed by atoms with van der Waals surface area (Å²) in [7, 11) is 0. The zero-order valence-corrected chi connectivity index (χ0v) is 11.8. The summed E-state index contributed by atoms with van der Waals surface area (Å²) in [4.78, 5) is 4.19. The molecule has 1 aliphatic carbocycles. The average molecular weight is 298 g/mol. The van der Waals surface area contributed by atoms with Gasteiger partial charge in [0.05, 0.1) is 28.2 Å². The first-order valence-electron chi connectivity index (χ1n) is 6.88. The lowest BCUT2D eigenvalue weighted by atomic mass is 10.1. The van der Waals surface area contributed by atoms with E-state index in [-0.39, 0.29) is 11.1 Å². The number of nitrogen functional groups attached to an aromatic ring is 1. The normalized spacial score (nSPS) is 23.9. The molecule has 2 unspecified atom stereocenters. The number of benzene rings is 1. The minimum absolute atomic E-state index is 0.0433. The molecule has 1 heterocycles. The number of halogens is 2. The molecule has 1 aromatic carbocycles. The van der Waals surface area contributed by atoms with Crippen LogP contribution in [-0.4, -0.2) is 20.8 Å². The SMILES string of the molecule is Nc1nc2cc(F)c(Cl)cc2n1C1CCCCCC1O. The van der Waals surface area contributed by atoms with E-state index in [1.165, 1.54) is 12.1 Å². The van der Waals surface area contributed by atoms with E-state index in [1.807, 2.05) is 0 Å². The van der Waals surface area contributed by atoms with Crippen LogP contribution in [0.15, 0.2) is 12.1 Å². The molecule has 0 radical (unpaired) electrons. The lowest BCUT2D eigenvalue weighted by Gasteiger charge is -2.23. The summed E-state index contributed by atoms with van der Waals surface area (Å²) < 4.78 is 15.3. The van der Waals surface area contributed by atoms with Crippen LogP contribution in [0.4, 0.5) is 10.3 Å². The maximum absolute atomic E-state index is 13.5. The minimum Gasteiger partial charge on any atom is -0.391 e. The third kappa shape index (κ3) is 2.25. The molecule has 0 aliphatic heterocycles. The molecule has 108 valence electrons. The van der Waals surface area contributed by atoms with Gasteiger partial charge in [0.1, 0.15) is 5.82 Å². The van der Waals surface area contributed by atoms with Gasteiger partial charge in [-0.1, -0.05) is 30.9 Å². The number of aliphatic hydroxyl groups is 1. The Balaban J connectivity index is 2.14. The molecule has 2 aromatic rings. The van der Waals surface area contributed by atoms with E-state index in [2.05, 4.69) is 4.98 Å². The Labute approximate surface area is 121 Å². The molecule has 1 aromatic heterocycles. The van der Waals surface area contributed by atoms with Gasteiger partial charge in [0, 0.05) is 6.07 Å². The standard InChI is InChI=1S/C14H17ClFN3O/c15-8-6-12-10(7-9(8)16)18-14(17)19(12)11-4-2-1-3-5-13(11)20/h6-7,11,13,20H,1-5H2,(H2,17,18). The largest absolute Gasteiger partial charge is 0.391 e. The Hall–Kier alpha value is -1.33. The van der Waals surface area contributed by atoms with E-state index in [4.69, 9.17) is 17.3 Å². The third-order valence-corrected chi connectivity index (χ3v) is 4.32. The van der Waals surface area contributed by atoms with E-state index in [0.717, 1.165) is 32.1 Å². The summed E-state index contributed by atoms with van der Waals surface area (Å²) >= 11 is 5.86. The molecule has 0 spiro atoms. The first kappa shape index (κ1) is 13.6. The van der Waals surface area contributed by atoms with Gasteiger partial charge in [0.2, 0.25) is 5.95 Å². The van der Waals surface area contributed by atoms with Crippen molar-refractivity contribution in [3.8, 4) is 0 Å². The Morgan fingerprint density at radius 2 is 2.05 bits per heavy atom. The first-order chi connectivity index (χ1) is 9.58. The van der Waals surface area contributed by atoms with E-state index in [0.29, 0.717) is 17.0 Å². The molecule has 3 rings (SSSR count). The second kappa shape index (κ2) is 5.22. The summed E-state index contributed by atoms with van der Waals surface area (Å²) in [6.07, 6.45) is 4.29. The van der Waals surface area contributed by atoms with Crippen LogP contribution in [0.25, 0.3) is 11.0 Å². The van der Waals surface area contributed by atoms with Crippen LogP contribution < -0.4 is 5.73 Å². The number of hydrogen-bond donors (Lipinski definition) is 2. The Kier molecular flexibility index (Phi) is 3.56. The lowest BCUT2D eigenvalue weighted by molar-refractivity contribution is 0.108. The first-order valence-corrected chi connectivity index (χ1v) is 7.26. The monoisotopic (exact) mass is 297 g/mol. The predicted molar refractivity (Wildman–Crippen MR) is 77.2 cm³/mol. The van der Waals surface area contributed by atoms with E-state index in [9.17, 15) is 9.50 Å². The molecule has 0 saturated heterocycles. The van der Waals surface area contributed by atoms with Gasteiger partial charge in [-0.15, -0.1) is 0 Å². The van der Waals surface area contributed by atoms with Crippen LogP contribution in [-0.2, 0) is 0 Å². The summed E-state index contributed by atoms with van der Waals surface area (Å²) in [6, 6.07) is 2.70. The maximum Gasteiger partial charge on any atom is 0.201 e. The molecule has 4 nitrogen and oxygen atoms in total. The van der Waals surface area contributed by atoms with Crippen molar-refractivity contribution in [3.63, 3.8) is 0 Å². The quantitative estimate of drug-likeness (QED) is 0.794. The second-order valence-corrected chi connectivity index (χ2v) is 5.77. The Bertz CT molecular complexity index is 643. The van der Waals surface area contributed by atoms with Crippen LogP contribution in [0.2, 0.25) is 5.02 Å². The van der Waals surface area contributed by atoms with Crippen molar-refractivity contribution in [2.24, 2.45) is 0 Å². The number of rotatable bonds is 1. The summed E-state index contributed by atoms with van der Waals surface area (Å²) in [5, 5.41) is 10.4. The van der Waals surface area contributed by atoms with Gasteiger partial charge in [-0.2, -0.15) is 0 Å². The van der Waals surface area contributed by atoms with Crippen LogP contribution in [0, 0.1) is 5.82 Å². The molecule has 1 aliphatic rings. The highest BCUT2D eigenvalue weighted by Gasteiger charge is 2.27. The number of nitrogens with two attached hydrogens (primary N) is 1. The van der Waals surface area contributed by atoms with Crippen molar-refractivity contribution in [1.82, 2.24) is 9.55 Å². The maximum atomic E-state index is 13.5. The van der Waals surface area contributed by atoms with Gasteiger partial charge in [-0.25, -0.2) is 9.37 Å². The minimum atomic E-state index is -0.509. The number of aromatic nitrogens is 2. The van der Waals surface area contributed by atoms with Gasteiger partial charge >= 0.3 is 0 Å². The number of anilines is 1. The Morgan fingerprint density at radius 1 is 1.30 bits per heavy atom. The third-order valence-electron chi connectivity index (χ3n) is 4.03. The highest BCUT2D eigenvalue weighted by atomic mass is 35.5. The zero-order valence-electron chi connectivity index (χ0n) is 11.0. The number of imidazole rings is 1. The smallest absolute Gasteiger partial charge is 0.201 e. The molecule has 0 amide bonds. The number of aliphatic hydroxyl groups excluding tert-OH is 1. The summed E-state index contributed by atoms with van der Waals surface area (Å²) in [6.45, 7) is 0. The molecule has 3 N–H and O–H groups in total. The molecule has 1 saturated carbocycles. The highest BCUT2D eigenvalue weighted by Crippen LogP contribution is 2.34. The van der Waals surface area contributed by atoms with Crippen LogP contribution in [0.1, 0.15) is 38.1 Å². The second-order valence-electron chi connectivity index (χ2n) is 5.37. The number of nitrogens with zero attached hydrogens (tertiary/aromatic N) is 2. The molecule has 1 fully saturated rings. The molecule has 2 atom stereocenters. The topological polar surface area (TPSA) is 64.1 Å². The van der Waals surface area contributed by atoms with Gasteiger partial charge in [-0.05, 0) is 18.9 Å². The van der Waals surface area contributed by atoms with Crippen molar-refractivity contribution in [2.45, 2.75) is 44.2 Å². The van der Waals surface area contributed by atoms with E-state index in [1.54, 1.807) is 4.57 Å².